The fourth-order valence-corrected chi connectivity index (χ4v) is 3.27. The minimum Gasteiger partial charge on any atom is -0.354 e. The topological polar surface area (TPSA) is 30.5 Å². The Labute approximate surface area is 97.3 Å². The van der Waals surface area contributed by atoms with Crippen LogP contribution in [0.1, 0.15) is 26.2 Å². The lowest BCUT2D eigenvalue weighted by molar-refractivity contribution is -0.120. The van der Waals surface area contributed by atoms with Crippen LogP contribution in [0.25, 0.3) is 0 Å². The van der Waals surface area contributed by atoms with Crippen molar-refractivity contribution in [2.75, 3.05) is 20.5 Å². The molecule has 0 saturated heterocycles. The number of methoxy groups -OCH3 is 2. The van der Waals surface area contributed by atoms with Gasteiger partial charge >= 0.3 is 0 Å². The van der Waals surface area contributed by atoms with Crippen molar-refractivity contribution < 1.29 is 9.47 Å². The maximum atomic E-state index is 5.25. The van der Waals surface area contributed by atoms with Crippen molar-refractivity contribution in [2.24, 2.45) is 0 Å². The van der Waals surface area contributed by atoms with Crippen LogP contribution in [0, 0.1) is 0 Å². The average molecular weight is 233 g/mol. The Morgan fingerprint density at radius 2 is 1.93 bits per heavy atom. The molecule has 0 radical (unpaired) electrons. The highest BCUT2D eigenvalue weighted by Gasteiger charge is 2.29. The van der Waals surface area contributed by atoms with Crippen molar-refractivity contribution >= 4 is 11.8 Å². The molecule has 1 aliphatic carbocycles. The summed E-state index contributed by atoms with van der Waals surface area (Å²) in [6.45, 7) is 2.12. The Morgan fingerprint density at radius 1 is 1.27 bits per heavy atom. The number of nitrogens with one attached hydrogen (secondary N) is 1. The third-order valence-electron chi connectivity index (χ3n) is 3.11. The molecular weight excluding hydrogens is 210 g/mol. The number of thioether (sulfide) groups is 1. The van der Waals surface area contributed by atoms with Gasteiger partial charge in [0, 0.05) is 25.5 Å². The third kappa shape index (κ3) is 3.63. The molecular formula is C11H23NO2S. The summed E-state index contributed by atoms with van der Waals surface area (Å²) >= 11 is 1.97. The molecule has 90 valence electrons. The van der Waals surface area contributed by atoms with Gasteiger partial charge in [0.15, 0.2) is 6.29 Å². The Bertz CT molecular complexity index is 176. The molecule has 0 amide bonds. The van der Waals surface area contributed by atoms with Gasteiger partial charge < -0.3 is 14.8 Å². The van der Waals surface area contributed by atoms with Crippen molar-refractivity contribution in [2.45, 2.75) is 49.8 Å². The van der Waals surface area contributed by atoms with E-state index in [2.05, 4.69) is 18.5 Å². The molecule has 3 nitrogen and oxygen atoms in total. The van der Waals surface area contributed by atoms with Crippen LogP contribution in [0.4, 0.5) is 0 Å². The molecule has 0 aromatic carbocycles. The van der Waals surface area contributed by atoms with Gasteiger partial charge in [0.2, 0.25) is 0 Å². The highest BCUT2D eigenvalue weighted by Crippen LogP contribution is 2.28. The first-order valence-electron chi connectivity index (χ1n) is 5.57. The van der Waals surface area contributed by atoms with Gasteiger partial charge in [-0.25, -0.2) is 0 Å². The molecule has 1 saturated carbocycles. The van der Waals surface area contributed by atoms with Crippen LogP contribution in [0.15, 0.2) is 0 Å². The highest BCUT2D eigenvalue weighted by atomic mass is 32.2. The van der Waals surface area contributed by atoms with Gasteiger partial charge in [-0.05, 0) is 26.0 Å². The number of ether oxygens (including phenoxy) is 2. The zero-order chi connectivity index (χ0) is 11.3. The molecule has 0 aliphatic heterocycles. The molecule has 0 spiro atoms. The summed E-state index contributed by atoms with van der Waals surface area (Å²) in [6, 6.07) is 0.862. The van der Waals surface area contributed by atoms with Crippen molar-refractivity contribution in [3.05, 3.63) is 0 Å². The minimum atomic E-state index is -0.145. The Hall–Kier alpha value is 0.230. The van der Waals surface area contributed by atoms with Crippen LogP contribution >= 0.6 is 11.8 Å². The lowest BCUT2D eigenvalue weighted by Gasteiger charge is -2.28. The van der Waals surface area contributed by atoms with Gasteiger partial charge in [0.1, 0.15) is 0 Å². The Morgan fingerprint density at radius 3 is 2.47 bits per heavy atom. The van der Waals surface area contributed by atoms with Gasteiger partial charge in [-0.2, -0.15) is 11.8 Å². The smallest absolute Gasteiger partial charge is 0.171 e. The summed E-state index contributed by atoms with van der Waals surface area (Å²) in [5, 5.41) is 4.36. The first-order chi connectivity index (χ1) is 7.22. The van der Waals surface area contributed by atoms with Gasteiger partial charge in [0.05, 0.1) is 6.04 Å². The van der Waals surface area contributed by atoms with Gasteiger partial charge in [-0.3, -0.25) is 0 Å². The summed E-state index contributed by atoms with van der Waals surface area (Å²) in [7, 11) is 3.38. The van der Waals surface area contributed by atoms with E-state index in [1.165, 1.54) is 19.3 Å². The second-order valence-corrected chi connectivity index (χ2v) is 5.18. The predicted molar refractivity (Wildman–Crippen MR) is 65.3 cm³/mol. The molecule has 4 heteroatoms. The van der Waals surface area contributed by atoms with E-state index < -0.39 is 0 Å². The monoisotopic (exact) mass is 233 g/mol. The molecule has 0 aromatic heterocycles. The fourth-order valence-electron chi connectivity index (χ4n) is 2.32. The number of rotatable bonds is 6. The third-order valence-corrected chi connectivity index (χ3v) is 4.27. The average Bonchev–Trinajstić information content (AvgIpc) is 2.67. The van der Waals surface area contributed by atoms with Crippen LogP contribution in [0.2, 0.25) is 0 Å². The van der Waals surface area contributed by atoms with Crippen LogP contribution in [-0.2, 0) is 9.47 Å². The molecule has 3 unspecified atom stereocenters. The molecule has 0 bridgehead atoms. The van der Waals surface area contributed by atoms with E-state index in [0.29, 0.717) is 6.04 Å². The summed E-state index contributed by atoms with van der Waals surface area (Å²) in [4.78, 5) is 0. The van der Waals surface area contributed by atoms with Crippen molar-refractivity contribution in [3.8, 4) is 0 Å². The molecule has 1 N–H and O–H groups in total. The van der Waals surface area contributed by atoms with E-state index in [1.807, 2.05) is 11.8 Å². The van der Waals surface area contributed by atoms with E-state index in [1.54, 1.807) is 14.2 Å². The van der Waals surface area contributed by atoms with Crippen LogP contribution < -0.4 is 5.32 Å². The predicted octanol–water partition coefficient (Wildman–Crippen LogP) is 1.87. The van der Waals surface area contributed by atoms with E-state index in [4.69, 9.17) is 9.47 Å². The number of hydrogen-bond acceptors (Lipinski definition) is 4. The first-order valence-corrected chi connectivity index (χ1v) is 6.86. The van der Waals surface area contributed by atoms with Crippen LogP contribution in [-0.4, -0.2) is 44.1 Å². The fraction of sp³-hybridized carbons (Fsp3) is 1.00. The number of hydrogen-bond donors (Lipinski definition) is 1. The largest absolute Gasteiger partial charge is 0.354 e. The lowest BCUT2D eigenvalue weighted by atomic mass is 10.2. The molecule has 0 heterocycles. The molecule has 15 heavy (non-hydrogen) atoms. The normalized spacial score (nSPS) is 28.6. The molecule has 0 aromatic rings. The maximum absolute atomic E-state index is 5.25. The molecule has 1 fully saturated rings. The first kappa shape index (κ1) is 13.3. The standard InChI is InChI=1S/C11H23NO2S/c1-8(11(13-2)14-3)12-9-6-5-7-10(9)15-4/h8-12H,5-7H2,1-4H3. The zero-order valence-electron chi connectivity index (χ0n) is 10.2. The summed E-state index contributed by atoms with van der Waals surface area (Å²) < 4.78 is 10.5. The van der Waals surface area contributed by atoms with Crippen LogP contribution in [0.3, 0.4) is 0 Å². The van der Waals surface area contributed by atoms with E-state index in [-0.39, 0.29) is 12.3 Å². The van der Waals surface area contributed by atoms with Gasteiger partial charge in [-0.15, -0.1) is 0 Å². The van der Waals surface area contributed by atoms with Crippen molar-refractivity contribution in [1.29, 1.82) is 0 Å². The Balaban J connectivity index is 2.39. The van der Waals surface area contributed by atoms with E-state index in [0.717, 1.165) is 5.25 Å². The minimum absolute atomic E-state index is 0.145. The Kier molecular flexibility index (Phi) is 5.97. The molecule has 3 atom stereocenters. The zero-order valence-corrected chi connectivity index (χ0v) is 11.0. The van der Waals surface area contributed by atoms with Crippen molar-refractivity contribution in [1.82, 2.24) is 5.32 Å². The van der Waals surface area contributed by atoms with Crippen LogP contribution in [0.5, 0.6) is 0 Å². The quantitative estimate of drug-likeness (QED) is 0.710. The summed E-state index contributed by atoms with van der Waals surface area (Å²) in [5.74, 6) is 0. The van der Waals surface area contributed by atoms with Gasteiger partial charge in [-0.1, -0.05) is 6.42 Å². The van der Waals surface area contributed by atoms with Crippen molar-refractivity contribution in [3.63, 3.8) is 0 Å². The maximum Gasteiger partial charge on any atom is 0.171 e. The molecule has 1 aliphatic rings. The SMILES string of the molecule is COC(OC)C(C)NC1CCCC1SC. The second-order valence-electron chi connectivity index (χ2n) is 4.11. The van der Waals surface area contributed by atoms with E-state index >= 15 is 0 Å². The summed E-state index contributed by atoms with van der Waals surface area (Å²) in [5.41, 5.74) is 0. The lowest BCUT2D eigenvalue weighted by Crippen LogP contribution is -2.47. The van der Waals surface area contributed by atoms with Gasteiger partial charge in [0.25, 0.3) is 0 Å². The molecule has 1 rings (SSSR count). The summed E-state index contributed by atoms with van der Waals surface area (Å²) in [6.07, 6.45) is 5.99. The second kappa shape index (κ2) is 6.74. The van der Waals surface area contributed by atoms with E-state index in [9.17, 15) is 0 Å². The highest BCUT2D eigenvalue weighted by molar-refractivity contribution is 7.99.